The smallest absolute Gasteiger partial charge is 0.287 e. The van der Waals surface area contributed by atoms with E-state index in [-0.39, 0.29) is 11.9 Å². The molecule has 0 fully saturated rings. The lowest BCUT2D eigenvalue weighted by Crippen LogP contribution is -2.31. The van der Waals surface area contributed by atoms with Crippen LogP contribution in [-0.2, 0) is 6.42 Å². The van der Waals surface area contributed by atoms with E-state index < -0.39 is 0 Å². The van der Waals surface area contributed by atoms with E-state index in [1.165, 1.54) is 11.1 Å². The average Bonchev–Trinajstić information content (AvgIpc) is 2.93. The highest BCUT2D eigenvalue weighted by Gasteiger charge is 2.24. The van der Waals surface area contributed by atoms with Gasteiger partial charge in [-0.15, -0.1) is 0 Å². The Morgan fingerprint density at radius 3 is 2.78 bits per heavy atom. The zero-order chi connectivity index (χ0) is 15.8. The summed E-state index contributed by atoms with van der Waals surface area (Å²) in [6.45, 7) is 1.94. The summed E-state index contributed by atoms with van der Waals surface area (Å²) in [4.78, 5) is 12.7. The van der Waals surface area contributed by atoms with Gasteiger partial charge in [-0.2, -0.15) is 0 Å². The molecule has 0 aliphatic heterocycles. The van der Waals surface area contributed by atoms with Crippen molar-refractivity contribution >= 4 is 16.9 Å². The minimum absolute atomic E-state index is 0.0695. The fourth-order valence-corrected chi connectivity index (χ4v) is 3.52. The van der Waals surface area contributed by atoms with Gasteiger partial charge in [-0.05, 0) is 43.4 Å². The van der Waals surface area contributed by atoms with Gasteiger partial charge >= 0.3 is 0 Å². The van der Waals surface area contributed by atoms with Crippen molar-refractivity contribution in [3.05, 3.63) is 71.0 Å². The highest BCUT2D eigenvalue weighted by Crippen LogP contribution is 2.31. The molecule has 1 aromatic heterocycles. The van der Waals surface area contributed by atoms with Crippen LogP contribution in [0.25, 0.3) is 11.0 Å². The number of fused-ring (bicyclic) bond motifs is 2. The summed E-state index contributed by atoms with van der Waals surface area (Å²) >= 11 is 0. The fourth-order valence-electron chi connectivity index (χ4n) is 3.52. The van der Waals surface area contributed by atoms with E-state index in [2.05, 4.69) is 23.5 Å². The van der Waals surface area contributed by atoms with Gasteiger partial charge in [0.25, 0.3) is 5.91 Å². The van der Waals surface area contributed by atoms with Crippen molar-refractivity contribution in [3.63, 3.8) is 0 Å². The van der Waals surface area contributed by atoms with Crippen LogP contribution in [0.1, 0.15) is 46.1 Å². The predicted molar refractivity (Wildman–Crippen MR) is 90.5 cm³/mol. The third-order valence-electron chi connectivity index (χ3n) is 4.72. The van der Waals surface area contributed by atoms with Gasteiger partial charge in [0.2, 0.25) is 0 Å². The van der Waals surface area contributed by atoms with Gasteiger partial charge in [-0.3, -0.25) is 4.79 Å². The maximum absolute atomic E-state index is 12.7. The topological polar surface area (TPSA) is 42.2 Å². The van der Waals surface area contributed by atoms with Gasteiger partial charge in [-0.1, -0.05) is 42.5 Å². The first-order chi connectivity index (χ1) is 11.2. The maximum atomic E-state index is 12.7. The molecule has 3 heteroatoms. The van der Waals surface area contributed by atoms with Crippen LogP contribution in [0.4, 0.5) is 0 Å². The van der Waals surface area contributed by atoms with E-state index >= 15 is 0 Å². The molecule has 0 spiro atoms. The number of nitrogens with one attached hydrogen (secondary N) is 1. The van der Waals surface area contributed by atoms with Crippen molar-refractivity contribution in [3.8, 4) is 0 Å². The zero-order valence-electron chi connectivity index (χ0n) is 13.1. The van der Waals surface area contributed by atoms with Crippen LogP contribution in [0, 0.1) is 6.92 Å². The molecule has 1 N–H and O–H groups in total. The third-order valence-corrected chi connectivity index (χ3v) is 4.72. The molecule has 4 rings (SSSR count). The average molecular weight is 305 g/mol. The van der Waals surface area contributed by atoms with Crippen LogP contribution in [0.3, 0.4) is 0 Å². The number of furan rings is 1. The van der Waals surface area contributed by atoms with Crippen molar-refractivity contribution in [2.45, 2.75) is 32.2 Å². The van der Waals surface area contributed by atoms with Crippen LogP contribution in [0.15, 0.2) is 52.9 Å². The van der Waals surface area contributed by atoms with Crippen molar-refractivity contribution in [2.75, 3.05) is 0 Å². The molecule has 0 saturated carbocycles. The molecule has 3 nitrogen and oxygen atoms in total. The number of benzene rings is 2. The second-order valence-electron chi connectivity index (χ2n) is 6.17. The normalized spacial score (nSPS) is 17.0. The van der Waals surface area contributed by atoms with E-state index in [0.717, 1.165) is 35.8 Å². The second kappa shape index (κ2) is 5.58. The molecule has 0 unspecified atom stereocenters. The molecule has 1 aliphatic rings. The van der Waals surface area contributed by atoms with Crippen molar-refractivity contribution in [2.24, 2.45) is 0 Å². The number of hydrogen-bond donors (Lipinski definition) is 1. The minimum Gasteiger partial charge on any atom is -0.451 e. The summed E-state index contributed by atoms with van der Waals surface area (Å²) in [5.74, 6) is 0.301. The summed E-state index contributed by atoms with van der Waals surface area (Å²) in [7, 11) is 0. The summed E-state index contributed by atoms with van der Waals surface area (Å²) in [6.07, 6.45) is 3.16. The summed E-state index contributed by atoms with van der Waals surface area (Å²) in [5, 5.41) is 4.16. The Bertz CT molecular complexity index is 878. The van der Waals surface area contributed by atoms with Gasteiger partial charge < -0.3 is 9.73 Å². The zero-order valence-corrected chi connectivity index (χ0v) is 13.1. The Hall–Kier alpha value is -2.55. The third kappa shape index (κ3) is 2.42. The maximum Gasteiger partial charge on any atom is 0.287 e. The number of rotatable bonds is 2. The van der Waals surface area contributed by atoms with E-state index in [4.69, 9.17) is 4.42 Å². The monoisotopic (exact) mass is 305 g/mol. The van der Waals surface area contributed by atoms with Crippen LogP contribution in [0.2, 0.25) is 0 Å². The van der Waals surface area contributed by atoms with Crippen LogP contribution in [0.5, 0.6) is 0 Å². The Morgan fingerprint density at radius 1 is 1.13 bits per heavy atom. The molecule has 116 valence electrons. The first kappa shape index (κ1) is 14.1. The standard InChI is InChI=1S/C20H19NO2/c1-13-15-9-4-5-12-18(15)23-19(13)20(22)21-17-11-6-8-14-7-2-3-10-16(14)17/h2-5,7,9-10,12,17H,6,8,11H2,1H3,(H,21,22)/t17-/m1/s1. The lowest BCUT2D eigenvalue weighted by Gasteiger charge is -2.26. The number of aryl methyl sites for hydroxylation is 2. The Kier molecular flexibility index (Phi) is 3.41. The Labute approximate surface area is 135 Å². The van der Waals surface area contributed by atoms with E-state index in [1.54, 1.807) is 0 Å². The molecular formula is C20H19NO2. The predicted octanol–water partition coefficient (Wildman–Crippen LogP) is 4.55. The number of para-hydroxylation sites is 1. The quantitative estimate of drug-likeness (QED) is 0.754. The molecule has 3 aromatic rings. The van der Waals surface area contributed by atoms with E-state index in [1.807, 2.05) is 37.3 Å². The molecule has 0 bridgehead atoms. The van der Waals surface area contributed by atoms with Crippen molar-refractivity contribution in [1.29, 1.82) is 0 Å². The van der Waals surface area contributed by atoms with Crippen molar-refractivity contribution < 1.29 is 9.21 Å². The summed E-state index contributed by atoms with van der Waals surface area (Å²) in [5.41, 5.74) is 4.24. The molecule has 23 heavy (non-hydrogen) atoms. The van der Waals surface area contributed by atoms with Gasteiger partial charge in [0, 0.05) is 10.9 Å². The number of carbonyl (C=O) groups excluding carboxylic acids is 1. The van der Waals surface area contributed by atoms with E-state index in [9.17, 15) is 4.79 Å². The highest BCUT2D eigenvalue weighted by molar-refractivity contribution is 5.99. The molecule has 0 radical (unpaired) electrons. The molecule has 1 amide bonds. The molecule has 1 atom stereocenters. The first-order valence-corrected chi connectivity index (χ1v) is 8.11. The van der Waals surface area contributed by atoms with Gasteiger partial charge in [-0.25, -0.2) is 0 Å². The fraction of sp³-hybridized carbons (Fsp3) is 0.250. The number of carbonyl (C=O) groups is 1. The van der Waals surface area contributed by atoms with Crippen LogP contribution in [-0.4, -0.2) is 5.91 Å². The van der Waals surface area contributed by atoms with E-state index in [0.29, 0.717) is 5.76 Å². The van der Waals surface area contributed by atoms with Gasteiger partial charge in [0.15, 0.2) is 5.76 Å². The van der Waals surface area contributed by atoms with Crippen molar-refractivity contribution in [1.82, 2.24) is 5.32 Å². The molecule has 1 heterocycles. The van der Waals surface area contributed by atoms with Crippen LogP contribution < -0.4 is 5.32 Å². The van der Waals surface area contributed by atoms with Gasteiger partial charge in [0.05, 0.1) is 6.04 Å². The number of amides is 1. The molecule has 2 aromatic carbocycles. The number of hydrogen-bond acceptors (Lipinski definition) is 2. The SMILES string of the molecule is Cc1c(C(=O)N[C@@H]2CCCc3ccccc32)oc2ccccc12. The summed E-state index contributed by atoms with van der Waals surface area (Å²) < 4.78 is 5.78. The molecule has 0 saturated heterocycles. The lowest BCUT2D eigenvalue weighted by atomic mass is 9.87. The Balaban J connectivity index is 1.64. The van der Waals surface area contributed by atoms with Crippen LogP contribution >= 0.6 is 0 Å². The molecule has 1 aliphatic carbocycles. The highest BCUT2D eigenvalue weighted by atomic mass is 16.3. The minimum atomic E-state index is -0.125. The molecular weight excluding hydrogens is 286 g/mol. The second-order valence-corrected chi connectivity index (χ2v) is 6.17. The largest absolute Gasteiger partial charge is 0.451 e. The lowest BCUT2D eigenvalue weighted by molar-refractivity contribution is 0.0906. The first-order valence-electron chi connectivity index (χ1n) is 8.11. The van der Waals surface area contributed by atoms with Gasteiger partial charge in [0.1, 0.15) is 5.58 Å². The Morgan fingerprint density at radius 2 is 1.91 bits per heavy atom. The summed E-state index contributed by atoms with van der Waals surface area (Å²) in [6, 6.07) is 16.2.